The van der Waals surface area contributed by atoms with E-state index in [4.69, 9.17) is 9.72 Å². The first-order chi connectivity index (χ1) is 14.3. The van der Waals surface area contributed by atoms with Crippen LogP contribution in [0.25, 0.3) is 16.9 Å². The number of nitrogens with zero attached hydrogens (tertiary/aromatic N) is 5. The zero-order valence-corrected chi connectivity index (χ0v) is 15.8. The average Bonchev–Trinajstić information content (AvgIpc) is 3.37. The van der Waals surface area contributed by atoms with E-state index in [0.29, 0.717) is 17.2 Å². The molecule has 0 saturated carbocycles. The highest BCUT2D eigenvalue weighted by atomic mass is 16.5. The van der Waals surface area contributed by atoms with Gasteiger partial charge >= 0.3 is 0 Å². The van der Waals surface area contributed by atoms with Crippen molar-refractivity contribution in [3.63, 3.8) is 0 Å². The van der Waals surface area contributed by atoms with Crippen LogP contribution in [-0.4, -0.2) is 26.6 Å². The van der Waals surface area contributed by atoms with Gasteiger partial charge in [-0.15, -0.1) is 0 Å². The Balaban J connectivity index is 1.48. The summed E-state index contributed by atoms with van der Waals surface area (Å²) in [4.78, 5) is 13.5. The van der Waals surface area contributed by atoms with Crippen molar-refractivity contribution in [2.24, 2.45) is 0 Å². The number of ether oxygens (including phenoxy) is 1. The Labute approximate surface area is 167 Å². The molecule has 7 nitrogen and oxygen atoms in total. The average molecular weight is 382 g/mol. The molecular formula is C22H18N6O. The quantitative estimate of drug-likeness (QED) is 0.578. The Hall–Kier alpha value is -3.92. The van der Waals surface area contributed by atoms with Crippen LogP contribution in [0, 0.1) is 11.3 Å². The largest absolute Gasteiger partial charge is 0.496 e. The maximum atomic E-state index is 9.19. The number of methoxy groups -OCH3 is 1. The van der Waals surface area contributed by atoms with Crippen LogP contribution in [-0.2, 0) is 6.42 Å². The number of rotatable bonds is 4. The third-order valence-electron chi connectivity index (χ3n) is 5.31. The Bertz CT molecular complexity index is 1260. The SMILES string of the molecule is COc1cccc2c1CCC2Nc1cncc(-n2cnc3ccc(C#N)cc32)n1. The van der Waals surface area contributed by atoms with Crippen molar-refractivity contribution in [2.45, 2.75) is 18.9 Å². The number of imidazole rings is 1. The van der Waals surface area contributed by atoms with Crippen molar-refractivity contribution >= 4 is 16.9 Å². The first kappa shape index (κ1) is 17.2. The molecule has 1 atom stereocenters. The number of hydrogen-bond donors (Lipinski definition) is 1. The lowest BCUT2D eigenvalue weighted by atomic mass is 10.1. The fourth-order valence-electron chi connectivity index (χ4n) is 3.94. The zero-order valence-electron chi connectivity index (χ0n) is 15.8. The predicted octanol–water partition coefficient (Wildman–Crippen LogP) is 3.80. The van der Waals surface area contributed by atoms with E-state index in [1.807, 2.05) is 28.8 Å². The Morgan fingerprint density at radius 3 is 3.03 bits per heavy atom. The van der Waals surface area contributed by atoms with Gasteiger partial charge in [-0.05, 0) is 48.2 Å². The standard InChI is InChI=1S/C22H18N6O/c1-29-20-4-2-3-15-16(20)6-8-17(15)26-21-11-24-12-22(27-21)28-13-25-18-7-5-14(10-23)9-19(18)28/h2-5,7,9,11-13,17H,6,8H2,1H3,(H,26,27). The van der Waals surface area contributed by atoms with Crippen molar-refractivity contribution in [3.8, 4) is 17.6 Å². The van der Waals surface area contributed by atoms with Crippen LogP contribution in [0.3, 0.4) is 0 Å². The zero-order chi connectivity index (χ0) is 19.8. The minimum atomic E-state index is 0.161. The molecule has 0 spiro atoms. The Morgan fingerprint density at radius 2 is 2.17 bits per heavy atom. The third-order valence-corrected chi connectivity index (χ3v) is 5.31. The van der Waals surface area contributed by atoms with E-state index < -0.39 is 0 Å². The first-order valence-corrected chi connectivity index (χ1v) is 9.39. The molecule has 7 heteroatoms. The van der Waals surface area contributed by atoms with Crippen LogP contribution < -0.4 is 10.1 Å². The molecule has 0 fully saturated rings. The second-order valence-electron chi connectivity index (χ2n) is 6.96. The highest BCUT2D eigenvalue weighted by Crippen LogP contribution is 2.38. The van der Waals surface area contributed by atoms with E-state index in [2.05, 4.69) is 27.4 Å². The van der Waals surface area contributed by atoms with Crippen molar-refractivity contribution in [1.82, 2.24) is 19.5 Å². The fraction of sp³-hybridized carbons (Fsp3) is 0.182. The monoisotopic (exact) mass is 382 g/mol. The van der Waals surface area contributed by atoms with E-state index >= 15 is 0 Å². The molecular weight excluding hydrogens is 364 g/mol. The first-order valence-electron chi connectivity index (χ1n) is 9.39. The summed E-state index contributed by atoms with van der Waals surface area (Å²) in [6, 6.07) is 13.9. The number of anilines is 1. The summed E-state index contributed by atoms with van der Waals surface area (Å²) in [5, 5.41) is 12.7. The Morgan fingerprint density at radius 1 is 1.24 bits per heavy atom. The van der Waals surface area contributed by atoms with Crippen molar-refractivity contribution in [3.05, 3.63) is 71.8 Å². The van der Waals surface area contributed by atoms with Gasteiger partial charge in [-0.3, -0.25) is 9.55 Å². The smallest absolute Gasteiger partial charge is 0.159 e. The van der Waals surface area contributed by atoms with Gasteiger partial charge in [0.15, 0.2) is 5.82 Å². The summed E-state index contributed by atoms with van der Waals surface area (Å²) < 4.78 is 7.34. The number of benzene rings is 2. The molecule has 1 unspecified atom stereocenters. The number of hydrogen-bond acceptors (Lipinski definition) is 6. The molecule has 0 aliphatic heterocycles. The van der Waals surface area contributed by atoms with Crippen LogP contribution >= 0.6 is 0 Å². The van der Waals surface area contributed by atoms with Gasteiger partial charge in [0.05, 0.1) is 48.2 Å². The van der Waals surface area contributed by atoms with Crippen LogP contribution in [0.5, 0.6) is 5.75 Å². The van der Waals surface area contributed by atoms with Gasteiger partial charge < -0.3 is 10.1 Å². The molecule has 29 heavy (non-hydrogen) atoms. The molecule has 2 aromatic carbocycles. The lowest BCUT2D eigenvalue weighted by molar-refractivity contribution is 0.410. The van der Waals surface area contributed by atoms with E-state index in [0.717, 1.165) is 29.6 Å². The minimum absolute atomic E-state index is 0.161. The second kappa shape index (κ2) is 6.91. The molecule has 1 N–H and O–H groups in total. The molecule has 1 aliphatic carbocycles. The van der Waals surface area contributed by atoms with Crippen LogP contribution in [0.15, 0.2) is 55.1 Å². The minimum Gasteiger partial charge on any atom is -0.496 e. The topological polar surface area (TPSA) is 88.6 Å². The van der Waals surface area contributed by atoms with Gasteiger partial charge in [0.1, 0.15) is 17.9 Å². The number of nitrogens with one attached hydrogen (secondary N) is 1. The summed E-state index contributed by atoms with van der Waals surface area (Å²) in [5.41, 5.74) is 4.70. The molecule has 0 saturated heterocycles. The van der Waals surface area contributed by atoms with Gasteiger partial charge in [0.25, 0.3) is 0 Å². The molecule has 0 bridgehead atoms. The highest BCUT2D eigenvalue weighted by Gasteiger charge is 2.25. The number of aromatic nitrogens is 4. The normalized spacial score (nSPS) is 15.1. The Kier molecular flexibility index (Phi) is 4.10. The summed E-state index contributed by atoms with van der Waals surface area (Å²) >= 11 is 0. The lowest BCUT2D eigenvalue weighted by Crippen LogP contribution is -2.10. The predicted molar refractivity (Wildman–Crippen MR) is 109 cm³/mol. The molecule has 5 rings (SSSR count). The van der Waals surface area contributed by atoms with Crippen LogP contribution in [0.2, 0.25) is 0 Å². The van der Waals surface area contributed by atoms with Crippen molar-refractivity contribution < 1.29 is 4.74 Å². The third kappa shape index (κ3) is 2.95. The van der Waals surface area contributed by atoms with Gasteiger partial charge in [-0.1, -0.05) is 12.1 Å². The number of nitriles is 1. The lowest BCUT2D eigenvalue weighted by Gasteiger charge is -2.16. The van der Waals surface area contributed by atoms with Gasteiger partial charge in [-0.25, -0.2) is 9.97 Å². The molecule has 0 radical (unpaired) electrons. The second-order valence-corrected chi connectivity index (χ2v) is 6.96. The molecule has 2 aromatic heterocycles. The summed E-state index contributed by atoms with van der Waals surface area (Å²) in [6.07, 6.45) is 7.06. The summed E-state index contributed by atoms with van der Waals surface area (Å²) in [6.45, 7) is 0. The molecule has 142 valence electrons. The van der Waals surface area contributed by atoms with Crippen molar-refractivity contribution in [1.29, 1.82) is 5.26 Å². The molecule has 0 amide bonds. The van der Waals surface area contributed by atoms with Gasteiger partial charge in [0.2, 0.25) is 0 Å². The number of fused-ring (bicyclic) bond motifs is 2. The van der Waals surface area contributed by atoms with Gasteiger partial charge in [0, 0.05) is 0 Å². The van der Waals surface area contributed by atoms with Crippen LogP contribution in [0.1, 0.15) is 29.2 Å². The van der Waals surface area contributed by atoms with E-state index in [1.165, 1.54) is 11.1 Å². The van der Waals surface area contributed by atoms with E-state index in [1.54, 1.807) is 31.9 Å². The molecule has 2 heterocycles. The van der Waals surface area contributed by atoms with E-state index in [9.17, 15) is 5.26 Å². The maximum Gasteiger partial charge on any atom is 0.159 e. The molecule has 4 aromatic rings. The summed E-state index contributed by atoms with van der Waals surface area (Å²) in [7, 11) is 1.71. The van der Waals surface area contributed by atoms with Crippen LogP contribution in [0.4, 0.5) is 5.82 Å². The van der Waals surface area contributed by atoms with Crippen molar-refractivity contribution in [2.75, 3.05) is 12.4 Å². The van der Waals surface area contributed by atoms with Gasteiger partial charge in [-0.2, -0.15) is 5.26 Å². The molecule has 1 aliphatic rings. The maximum absolute atomic E-state index is 9.19. The highest BCUT2D eigenvalue weighted by molar-refractivity contribution is 5.78. The summed E-state index contributed by atoms with van der Waals surface area (Å²) in [5.74, 6) is 2.28. The fourth-order valence-corrected chi connectivity index (χ4v) is 3.94. The van der Waals surface area contributed by atoms with E-state index in [-0.39, 0.29) is 6.04 Å².